The maximum absolute atomic E-state index is 13.5. The minimum atomic E-state index is -0.563. The minimum absolute atomic E-state index is 0.0867. The summed E-state index contributed by atoms with van der Waals surface area (Å²) in [4.78, 5) is 28.5. The van der Waals surface area contributed by atoms with Crippen LogP contribution in [0.3, 0.4) is 0 Å². The molecule has 0 aliphatic heterocycles. The van der Waals surface area contributed by atoms with Crippen molar-refractivity contribution in [3.63, 3.8) is 0 Å². The number of hydrogen-bond acceptors (Lipinski definition) is 4. The zero-order chi connectivity index (χ0) is 25.4. The number of carbonyl (C=O) groups is 2. The Balaban J connectivity index is 1.80. The Hall–Kier alpha value is -3.02. The van der Waals surface area contributed by atoms with Gasteiger partial charge in [-0.25, -0.2) is 0 Å². The minimum Gasteiger partial charge on any atom is -0.497 e. The second kappa shape index (κ2) is 12.1. The molecule has 2 amide bonds. The van der Waals surface area contributed by atoms with Crippen LogP contribution in [0.1, 0.15) is 70.9 Å². The van der Waals surface area contributed by atoms with Crippen molar-refractivity contribution in [1.82, 2.24) is 10.2 Å². The highest BCUT2D eigenvalue weighted by Gasteiger charge is 2.31. The highest BCUT2D eigenvalue weighted by molar-refractivity contribution is 5.88. The van der Waals surface area contributed by atoms with E-state index in [1.807, 2.05) is 55.5 Å². The molecular weight excluding hydrogens is 440 g/mol. The Morgan fingerprint density at radius 1 is 1.06 bits per heavy atom. The van der Waals surface area contributed by atoms with E-state index in [0.29, 0.717) is 18.7 Å². The Bertz CT molecular complexity index is 975. The molecule has 6 nitrogen and oxygen atoms in total. The highest BCUT2D eigenvalue weighted by Crippen LogP contribution is 2.31. The Kier molecular flexibility index (Phi) is 9.19. The van der Waals surface area contributed by atoms with Crippen molar-refractivity contribution in [2.45, 2.75) is 83.8 Å². The van der Waals surface area contributed by atoms with Gasteiger partial charge in [-0.15, -0.1) is 0 Å². The number of carbonyl (C=O) groups excluding carboxylic acids is 2. The summed E-state index contributed by atoms with van der Waals surface area (Å²) in [5.74, 6) is 1.15. The lowest BCUT2D eigenvalue weighted by atomic mass is 9.86. The van der Waals surface area contributed by atoms with Crippen LogP contribution in [0.5, 0.6) is 11.5 Å². The maximum Gasteiger partial charge on any atom is 0.261 e. The fourth-order valence-electron chi connectivity index (χ4n) is 4.65. The Morgan fingerprint density at radius 3 is 2.31 bits per heavy atom. The van der Waals surface area contributed by atoms with Gasteiger partial charge in [-0.3, -0.25) is 9.59 Å². The lowest BCUT2D eigenvalue weighted by Gasteiger charge is -2.32. The third kappa shape index (κ3) is 7.23. The van der Waals surface area contributed by atoms with Gasteiger partial charge < -0.3 is 19.7 Å². The topological polar surface area (TPSA) is 67.9 Å². The van der Waals surface area contributed by atoms with Gasteiger partial charge in [-0.2, -0.15) is 0 Å². The molecule has 1 N–H and O–H groups in total. The zero-order valence-electron chi connectivity index (χ0n) is 21.8. The molecule has 0 spiro atoms. The third-order valence-electron chi connectivity index (χ3n) is 6.65. The average molecular weight is 481 g/mol. The molecule has 1 aliphatic rings. The van der Waals surface area contributed by atoms with Gasteiger partial charge in [0.05, 0.1) is 7.11 Å². The first-order valence-corrected chi connectivity index (χ1v) is 12.7. The molecule has 0 heterocycles. The van der Waals surface area contributed by atoms with E-state index in [1.165, 1.54) is 0 Å². The van der Waals surface area contributed by atoms with Gasteiger partial charge in [0.15, 0.2) is 6.61 Å². The molecule has 0 radical (unpaired) electrons. The number of nitrogens with one attached hydrogen (secondary N) is 1. The molecule has 0 saturated heterocycles. The van der Waals surface area contributed by atoms with Gasteiger partial charge in [0.25, 0.3) is 5.91 Å². The van der Waals surface area contributed by atoms with E-state index in [4.69, 9.17) is 9.47 Å². The molecule has 2 aromatic carbocycles. The van der Waals surface area contributed by atoms with Crippen LogP contribution in [0, 0.1) is 0 Å². The quantitative estimate of drug-likeness (QED) is 0.505. The van der Waals surface area contributed by atoms with Gasteiger partial charge in [0.1, 0.15) is 17.5 Å². The van der Waals surface area contributed by atoms with Crippen LogP contribution in [-0.2, 0) is 21.5 Å². The van der Waals surface area contributed by atoms with Crippen molar-refractivity contribution in [1.29, 1.82) is 0 Å². The van der Waals surface area contributed by atoms with Gasteiger partial charge in [0.2, 0.25) is 5.91 Å². The third-order valence-corrected chi connectivity index (χ3v) is 6.65. The molecule has 0 bridgehead atoms. The molecule has 6 heteroatoms. The van der Waals surface area contributed by atoms with Crippen LogP contribution in [0.4, 0.5) is 0 Å². The lowest BCUT2D eigenvalue weighted by Crippen LogP contribution is -2.52. The zero-order valence-corrected chi connectivity index (χ0v) is 21.8. The summed E-state index contributed by atoms with van der Waals surface area (Å²) in [6, 6.07) is 15.0. The fourth-order valence-corrected chi connectivity index (χ4v) is 4.65. The Morgan fingerprint density at radius 2 is 1.71 bits per heavy atom. The van der Waals surface area contributed by atoms with Crippen molar-refractivity contribution in [3.05, 3.63) is 59.7 Å². The SMILES string of the molecule is CC[C@H](C(=O)NC1CCCC1)N(Cc1ccc(OC)cc1)C(=O)COc1ccccc1C(C)(C)C. The largest absolute Gasteiger partial charge is 0.497 e. The van der Waals surface area contributed by atoms with Crippen LogP contribution in [0.2, 0.25) is 0 Å². The Labute approximate surface area is 210 Å². The predicted molar refractivity (Wildman–Crippen MR) is 139 cm³/mol. The van der Waals surface area contributed by atoms with Crippen molar-refractivity contribution >= 4 is 11.8 Å². The first kappa shape index (κ1) is 26.6. The van der Waals surface area contributed by atoms with Gasteiger partial charge >= 0.3 is 0 Å². The normalized spacial score (nSPS) is 14.9. The monoisotopic (exact) mass is 480 g/mol. The number of methoxy groups -OCH3 is 1. The second-order valence-corrected chi connectivity index (χ2v) is 10.3. The molecule has 1 atom stereocenters. The number of benzene rings is 2. The second-order valence-electron chi connectivity index (χ2n) is 10.3. The van der Waals surface area contributed by atoms with Crippen molar-refractivity contribution in [2.24, 2.45) is 0 Å². The van der Waals surface area contributed by atoms with E-state index >= 15 is 0 Å². The summed E-state index contributed by atoms with van der Waals surface area (Å²) >= 11 is 0. The molecule has 0 unspecified atom stereocenters. The molecule has 1 fully saturated rings. The van der Waals surface area contributed by atoms with Gasteiger partial charge in [0, 0.05) is 12.6 Å². The average Bonchev–Trinajstić information content (AvgIpc) is 3.35. The van der Waals surface area contributed by atoms with Crippen molar-refractivity contribution < 1.29 is 19.1 Å². The summed E-state index contributed by atoms with van der Waals surface area (Å²) in [5.41, 5.74) is 1.86. The van der Waals surface area contributed by atoms with Crippen LogP contribution >= 0.6 is 0 Å². The van der Waals surface area contributed by atoms with E-state index in [9.17, 15) is 9.59 Å². The summed E-state index contributed by atoms with van der Waals surface area (Å²) in [5, 5.41) is 3.18. The standard InChI is InChI=1S/C29H40N2O4/c1-6-25(28(33)30-22-11-7-8-12-22)31(19-21-15-17-23(34-5)18-16-21)27(32)20-35-26-14-10-9-13-24(26)29(2,3)4/h9-10,13-18,22,25H,6-8,11-12,19-20H2,1-5H3,(H,30,33)/t25-/m1/s1. The smallest absolute Gasteiger partial charge is 0.261 e. The molecular formula is C29H40N2O4. The van der Waals surface area contributed by atoms with Crippen LogP contribution in [0.25, 0.3) is 0 Å². The van der Waals surface area contributed by atoms with E-state index in [-0.39, 0.29) is 29.9 Å². The number of rotatable bonds is 10. The first-order valence-electron chi connectivity index (χ1n) is 12.7. The summed E-state index contributed by atoms with van der Waals surface area (Å²) in [6.45, 7) is 8.50. The van der Waals surface area contributed by atoms with E-state index < -0.39 is 6.04 Å². The van der Waals surface area contributed by atoms with Crippen LogP contribution in [-0.4, -0.2) is 42.5 Å². The molecule has 1 saturated carbocycles. The van der Waals surface area contributed by atoms with Crippen molar-refractivity contribution in [3.8, 4) is 11.5 Å². The summed E-state index contributed by atoms with van der Waals surface area (Å²) < 4.78 is 11.3. The molecule has 0 aromatic heterocycles. The highest BCUT2D eigenvalue weighted by atomic mass is 16.5. The lowest BCUT2D eigenvalue weighted by molar-refractivity contribution is -0.143. The fraction of sp³-hybridized carbons (Fsp3) is 0.517. The number of hydrogen-bond donors (Lipinski definition) is 1. The molecule has 2 aromatic rings. The molecule has 35 heavy (non-hydrogen) atoms. The van der Waals surface area contributed by atoms with E-state index in [1.54, 1.807) is 12.0 Å². The first-order chi connectivity index (χ1) is 16.7. The number of ether oxygens (including phenoxy) is 2. The summed E-state index contributed by atoms with van der Waals surface area (Å²) in [6.07, 6.45) is 4.80. The molecule has 190 valence electrons. The van der Waals surface area contributed by atoms with Crippen molar-refractivity contribution in [2.75, 3.05) is 13.7 Å². The maximum atomic E-state index is 13.5. The van der Waals surface area contributed by atoms with E-state index in [0.717, 1.165) is 42.6 Å². The number of para-hydroxylation sites is 1. The van der Waals surface area contributed by atoms with Gasteiger partial charge in [-0.05, 0) is 54.0 Å². The molecule has 1 aliphatic carbocycles. The number of nitrogens with zero attached hydrogens (tertiary/aromatic N) is 1. The summed E-state index contributed by atoms with van der Waals surface area (Å²) in [7, 11) is 1.62. The predicted octanol–water partition coefficient (Wildman–Crippen LogP) is 5.24. The van der Waals surface area contributed by atoms with Gasteiger partial charge in [-0.1, -0.05) is 70.9 Å². The molecule has 3 rings (SSSR count). The number of amides is 2. The van der Waals surface area contributed by atoms with Crippen LogP contribution in [0.15, 0.2) is 48.5 Å². The van der Waals surface area contributed by atoms with E-state index in [2.05, 4.69) is 26.1 Å². The van der Waals surface area contributed by atoms with Crippen LogP contribution < -0.4 is 14.8 Å².